The van der Waals surface area contributed by atoms with E-state index < -0.39 is 11.0 Å². The number of hydrogen-bond acceptors (Lipinski definition) is 4. The fraction of sp³-hybridized carbons (Fsp3) is 0.286. The number of ether oxygens (including phenoxy) is 1. The molecule has 4 heteroatoms. The van der Waals surface area contributed by atoms with Gasteiger partial charge in [-0.3, -0.25) is 9.69 Å². The lowest BCUT2D eigenvalue weighted by molar-refractivity contribution is -0.152. The highest BCUT2D eigenvalue weighted by Crippen LogP contribution is 2.48. The number of rotatable bonds is 8. The molecule has 4 nitrogen and oxygen atoms in total. The van der Waals surface area contributed by atoms with Crippen LogP contribution in [0.4, 0.5) is 0 Å². The molecule has 3 aromatic carbocycles. The van der Waals surface area contributed by atoms with Gasteiger partial charge in [-0.25, -0.2) is 0 Å². The van der Waals surface area contributed by atoms with Gasteiger partial charge in [0.25, 0.3) is 0 Å². The third-order valence-electron chi connectivity index (χ3n) is 6.76. The van der Waals surface area contributed by atoms with Gasteiger partial charge in [0.05, 0.1) is 18.1 Å². The van der Waals surface area contributed by atoms with Gasteiger partial charge in [-0.15, -0.1) is 0 Å². The number of nitrogens with zero attached hydrogens (tertiary/aromatic N) is 1. The third-order valence-corrected chi connectivity index (χ3v) is 6.76. The highest BCUT2D eigenvalue weighted by atomic mass is 16.5. The molecule has 1 unspecified atom stereocenters. The van der Waals surface area contributed by atoms with Gasteiger partial charge >= 0.3 is 5.97 Å². The second-order valence-electron chi connectivity index (χ2n) is 8.46. The van der Waals surface area contributed by atoms with E-state index in [1.165, 1.54) is 7.11 Å². The molecule has 0 aliphatic carbocycles. The van der Waals surface area contributed by atoms with Gasteiger partial charge in [0, 0.05) is 19.5 Å². The summed E-state index contributed by atoms with van der Waals surface area (Å²) >= 11 is 0. The van der Waals surface area contributed by atoms with Gasteiger partial charge in [0.1, 0.15) is 6.29 Å². The maximum absolute atomic E-state index is 13.0. The average molecular weight is 428 g/mol. The summed E-state index contributed by atoms with van der Waals surface area (Å²) in [7, 11) is 1.44. The van der Waals surface area contributed by atoms with Crippen molar-refractivity contribution in [2.24, 2.45) is 5.41 Å². The summed E-state index contributed by atoms with van der Waals surface area (Å²) in [5.74, 6) is -0.232. The minimum atomic E-state index is -0.695. The lowest BCUT2D eigenvalue weighted by atomic mass is 9.75. The molecule has 1 saturated heterocycles. The quantitative estimate of drug-likeness (QED) is 0.294. The van der Waals surface area contributed by atoms with Gasteiger partial charge in [0.2, 0.25) is 0 Å². The Hall–Kier alpha value is -3.24. The normalized spacial score (nSPS) is 18.9. The van der Waals surface area contributed by atoms with Crippen LogP contribution in [0, 0.1) is 5.41 Å². The zero-order chi connectivity index (χ0) is 22.4. The van der Waals surface area contributed by atoms with Gasteiger partial charge in [-0.05, 0) is 29.5 Å². The van der Waals surface area contributed by atoms with E-state index in [2.05, 4.69) is 77.7 Å². The van der Waals surface area contributed by atoms with E-state index in [0.717, 1.165) is 23.0 Å². The molecule has 1 heterocycles. The molecule has 0 radical (unpaired) electrons. The van der Waals surface area contributed by atoms with E-state index in [9.17, 15) is 9.59 Å². The van der Waals surface area contributed by atoms with Crippen LogP contribution in [0.25, 0.3) is 0 Å². The van der Waals surface area contributed by atoms with E-state index in [4.69, 9.17) is 4.74 Å². The highest BCUT2D eigenvalue weighted by Gasteiger charge is 2.52. The topological polar surface area (TPSA) is 46.6 Å². The van der Waals surface area contributed by atoms with Gasteiger partial charge < -0.3 is 9.53 Å². The maximum atomic E-state index is 13.0. The fourth-order valence-corrected chi connectivity index (χ4v) is 5.27. The molecule has 0 bridgehead atoms. The van der Waals surface area contributed by atoms with Crippen molar-refractivity contribution in [1.29, 1.82) is 0 Å². The molecule has 0 N–H and O–H groups in total. The van der Waals surface area contributed by atoms with Crippen LogP contribution in [0.2, 0.25) is 0 Å². The number of esters is 1. The summed E-state index contributed by atoms with van der Waals surface area (Å²) in [6.07, 6.45) is 2.39. The van der Waals surface area contributed by atoms with Crippen LogP contribution in [-0.2, 0) is 19.9 Å². The molecule has 0 spiro atoms. The molecule has 4 rings (SSSR count). The molecule has 32 heavy (non-hydrogen) atoms. The fourth-order valence-electron chi connectivity index (χ4n) is 5.27. The first-order chi connectivity index (χ1) is 15.7. The van der Waals surface area contributed by atoms with E-state index in [0.29, 0.717) is 32.4 Å². The summed E-state index contributed by atoms with van der Waals surface area (Å²) in [5.41, 5.74) is 2.18. The van der Waals surface area contributed by atoms with E-state index in [1.807, 2.05) is 18.2 Å². The zero-order valence-corrected chi connectivity index (χ0v) is 18.4. The monoisotopic (exact) mass is 427 g/mol. The second-order valence-corrected chi connectivity index (χ2v) is 8.46. The predicted octanol–water partition coefficient (Wildman–Crippen LogP) is 4.82. The number of likely N-dealkylation sites (tertiary alicyclic amines) is 1. The second kappa shape index (κ2) is 9.49. The molecule has 0 amide bonds. The SMILES string of the molecule is COC(=O)C1(CCC=O)CCN(C(c2ccccc2)(c2ccccc2)c2ccccc2)C1. The van der Waals surface area contributed by atoms with Crippen molar-refractivity contribution in [3.05, 3.63) is 108 Å². The number of carbonyl (C=O) groups is 2. The van der Waals surface area contributed by atoms with Gasteiger partial charge in [-0.2, -0.15) is 0 Å². The molecule has 164 valence electrons. The van der Waals surface area contributed by atoms with Gasteiger partial charge in [0.15, 0.2) is 0 Å². The maximum Gasteiger partial charge on any atom is 0.313 e. The molecule has 0 aromatic heterocycles. The Labute approximate surface area is 189 Å². The van der Waals surface area contributed by atoms with Crippen molar-refractivity contribution in [3.63, 3.8) is 0 Å². The minimum Gasteiger partial charge on any atom is -0.469 e. The van der Waals surface area contributed by atoms with Crippen LogP contribution in [0.15, 0.2) is 91.0 Å². The average Bonchev–Trinajstić information content (AvgIpc) is 3.30. The Bertz CT molecular complexity index is 939. The first-order valence-corrected chi connectivity index (χ1v) is 11.1. The molecule has 1 atom stereocenters. The number of hydrogen-bond donors (Lipinski definition) is 0. The van der Waals surface area contributed by atoms with E-state index in [-0.39, 0.29) is 5.97 Å². The van der Waals surface area contributed by atoms with Crippen molar-refractivity contribution in [2.45, 2.75) is 24.8 Å². The Kier molecular flexibility index (Phi) is 6.52. The molecule has 1 aliphatic heterocycles. The standard InChI is InChI=1S/C28H29NO3/c1-32-26(31)27(18-11-21-30)19-20-29(22-27)28(23-12-5-2-6-13-23,24-14-7-3-8-15-24)25-16-9-4-10-17-25/h2-10,12-17,21H,11,18-20,22H2,1H3. The van der Waals surface area contributed by atoms with E-state index in [1.54, 1.807) is 0 Å². The first kappa shape index (κ1) is 22.0. The van der Waals surface area contributed by atoms with Crippen LogP contribution in [-0.4, -0.2) is 37.4 Å². The Morgan fingerprint density at radius 3 is 1.78 bits per heavy atom. The highest BCUT2D eigenvalue weighted by molar-refractivity contribution is 5.78. The number of carbonyl (C=O) groups excluding carboxylic acids is 2. The van der Waals surface area contributed by atoms with Crippen LogP contribution >= 0.6 is 0 Å². The molecule has 0 saturated carbocycles. The van der Waals surface area contributed by atoms with Crippen LogP contribution in [0.1, 0.15) is 36.0 Å². The van der Waals surface area contributed by atoms with Crippen LogP contribution in [0.5, 0.6) is 0 Å². The minimum absolute atomic E-state index is 0.232. The van der Waals surface area contributed by atoms with E-state index >= 15 is 0 Å². The van der Waals surface area contributed by atoms with Crippen molar-refractivity contribution < 1.29 is 14.3 Å². The largest absolute Gasteiger partial charge is 0.469 e. The van der Waals surface area contributed by atoms with Gasteiger partial charge in [-0.1, -0.05) is 91.0 Å². The Morgan fingerprint density at radius 2 is 1.38 bits per heavy atom. The first-order valence-electron chi connectivity index (χ1n) is 11.1. The molecule has 1 fully saturated rings. The summed E-state index contributed by atoms with van der Waals surface area (Å²) in [5, 5.41) is 0. The van der Waals surface area contributed by atoms with Crippen LogP contribution < -0.4 is 0 Å². The number of benzene rings is 3. The Morgan fingerprint density at radius 1 is 0.906 bits per heavy atom. The predicted molar refractivity (Wildman–Crippen MR) is 125 cm³/mol. The number of methoxy groups -OCH3 is 1. The van der Waals surface area contributed by atoms with Crippen molar-refractivity contribution in [1.82, 2.24) is 4.90 Å². The summed E-state index contributed by atoms with van der Waals surface area (Å²) < 4.78 is 5.23. The molecule has 1 aliphatic rings. The third kappa shape index (κ3) is 3.76. The lowest BCUT2D eigenvalue weighted by Gasteiger charge is -2.44. The van der Waals surface area contributed by atoms with Crippen LogP contribution in [0.3, 0.4) is 0 Å². The van der Waals surface area contributed by atoms with Crippen molar-refractivity contribution in [2.75, 3.05) is 20.2 Å². The molecular weight excluding hydrogens is 398 g/mol. The van der Waals surface area contributed by atoms with Crippen molar-refractivity contribution in [3.8, 4) is 0 Å². The summed E-state index contributed by atoms with van der Waals surface area (Å²) in [6, 6.07) is 31.4. The lowest BCUT2D eigenvalue weighted by Crippen LogP contribution is -2.48. The number of aldehydes is 1. The smallest absolute Gasteiger partial charge is 0.313 e. The molecular formula is C28H29NO3. The molecule has 3 aromatic rings. The Balaban J connectivity index is 1.93. The summed E-state index contributed by atoms with van der Waals surface area (Å²) in [4.78, 5) is 26.5. The van der Waals surface area contributed by atoms with Crippen molar-refractivity contribution >= 4 is 12.3 Å². The summed E-state index contributed by atoms with van der Waals surface area (Å²) in [6.45, 7) is 1.23. The zero-order valence-electron chi connectivity index (χ0n) is 18.4.